The molecule has 5 aromatic rings. The third kappa shape index (κ3) is 16.2. The molecule has 0 amide bonds. The highest BCUT2D eigenvalue weighted by molar-refractivity contribution is 5.86. The first-order chi connectivity index (χ1) is 31.1. The molecular formula is C56H62N4O4. The SMILES string of the molecule is C=C(C)C(=O)OCCCCCCCCCCCCOc1ccc(N=Nc2ccc(C#Cc3ccc(C#Cc4ccc(N=Nc5ccc(OCC)cc5)c(C)c4)cc3C)c(C)c2C)cc1. The number of ether oxygens (including phenoxy) is 3. The molecule has 5 aromatic carbocycles. The number of hydrogen-bond acceptors (Lipinski definition) is 8. The molecule has 0 fully saturated rings. The molecule has 5 rings (SSSR count). The van der Waals surface area contributed by atoms with Gasteiger partial charge in [-0.2, -0.15) is 20.5 Å². The van der Waals surface area contributed by atoms with E-state index in [0.717, 1.165) is 98.0 Å². The van der Waals surface area contributed by atoms with Gasteiger partial charge in [0.1, 0.15) is 11.5 Å². The first-order valence-corrected chi connectivity index (χ1v) is 22.6. The fourth-order valence-electron chi connectivity index (χ4n) is 6.76. The maximum absolute atomic E-state index is 11.4. The Kier molecular flexibility index (Phi) is 19.6. The predicted molar refractivity (Wildman–Crippen MR) is 260 cm³/mol. The number of aryl methyl sites for hydroxylation is 2. The van der Waals surface area contributed by atoms with E-state index in [0.29, 0.717) is 25.4 Å². The first-order valence-electron chi connectivity index (χ1n) is 22.6. The van der Waals surface area contributed by atoms with Crippen molar-refractivity contribution < 1.29 is 19.0 Å². The third-order valence-electron chi connectivity index (χ3n) is 10.8. The van der Waals surface area contributed by atoms with E-state index in [1.54, 1.807) is 6.92 Å². The lowest BCUT2D eigenvalue weighted by atomic mass is 10.0. The van der Waals surface area contributed by atoms with Crippen molar-refractivity contribution in [2.24, 2.45) is 20.5 Å². The molecule has 330 valence electrons. The van der Waals surface area contributed by atoms with Gasteiger partial charge in [0.15, 0.2) is 0 Å². The third-order valence-corrected chi connectivity index (χ3v) is 10.8. The number of carbonyl (C=O) groups is 1. The van der Waals surface area contributed by atoms with Crippen LogP contribution in [-0.4, -0.2) is 25.8 Å². The Morgan fingerprint density at radius 3 is 1.56 bits per heavy atom. The van der Waals surface area contributed by atoms with Crippen LogP contribution in [-0.2, 0) is 9.53 Å². The van der Waals surface area contributed by atoms with Crippen LogP contribution in [0.15, 0.2) is 130 Å². The van der Waals surface area contributed by atoms with Crippen molar-refractivity contribution in [3.63, 3.8) is 0 Å². The van der Waals surface area contributed by atoms with Gasteiger partial charge in [0.25, 0.3) is 0 Å². The van der Waals surface area contributed by atoms with E-state index in [1.165, 1.54) is 44.9 Å². The average molecular weight is 855 g/mol. The summed E-state index contributed by atoms with van der Waals surface area (Å²) in [4.78, 5) is 11.4. The number of azo groups is 2. The lowest BCUT2D eigenvalue weighted by molar-refractivity contribution is -0.139. The van der Waals surface area contributed by atoms with Crippen molar-refractivity contribution >= 4 is 28.7 Å². The van der Waals surface area contributed by atoms with Gasteiger partial charge in [0.2, 0.25) is 0 Å². The van der Waals surface area contributed by atoms with Gasteiger partial charge >= 0.3 is 5.97 Å². The number of carbonyl (C=O) groups excluding carboxylic acids is 1. The van der Waals surface area contributed by atoms with Crippen LogP contribution >= 0.6 is 0 Å². The largest absolute Gasteiger partial charge is 0.494 e. The van der Waals surface area contributed by atoms with Crippen molar-refractivity contribution in [1.29, 1.82) is 0 Å². The Bertz CT molecular complexity index is 2520. The highest BCUT2D eigenvalue weighted by Crippen LogP contribution is 2.28. The normalized spacial score (nSPS) is 10.9. The van der Waals surface area contributed by atoms with E-state index < -0.39 is 0 Å². The smallest absolute Gasteiger partial charge is 0.333 e. The molecule has 0 aliphatic rings. The lowest BCUT2D eigenvalue weighted by Gasteiger charge is -2.07. The van der Waals surface area contributed by atoms with Crippen LogP contribution in [0.25, 0.3) is 0 Å². The zero-order valence-corrected chi connectivity index (χ0v) is 38.6. The highest BCUT2D eigenvalue weighted by Gasteiger charge is 2.07. The molecule has 0 radical (unpaired) electrons. The Hall–Kier alpha value is -6.77. The molecule has 0 aromatic heterocycles. The van der Waals surface area contributed by atoms with E-state index in [4.69, 9.17) is 14.2 Å². The minimum atomic E-state index is -0.287. The van der Waals surface area contributed by atoms with E-state index >= 15 is 0 Å². The average Bonchev–Trinajstić information content (AvgIpc) is 3.29. The predicted octanol–water partition coefficient (Wildman–Crippen LogP) is 15.3. The molecule has 0 aliphatic heterocycles. The minimum absolute atomic E-state index is 0.287. The van der Waals surface area contributed by atoms with Gasteiger partial charge < -0.3 is 14.2 Å². The van der Waals surface area contributed by atoms with Gasteiger partial charge in [0, 0.05) is 27.8 Å². The maximum atomic E-state index is 11.4. The summed E-state index contributed by atoms with van der Waals surface area (Å²) < 4.78 is 16.6. The summed E-state index contributed by atoms with van der Waals surface area (Å²) >= 11 is 0. The monoisotopic (exact) mass is 854 g/mol. The molecule has 0 spiro atoms. The van der Waals surface area contributed by atoms with Crippen molar-refractivity contribution in [3.8, 4) is 35.2 Å². The molecule has 0 saturated heterocycles. The number of rotatable bonds is 21. The number of hydrogen-bond donors (Lipinski definition) is 0. The van der Waals surface area contributed by atoms with Gasteiger partial charge in [-0.05, 0) is 174 Å². The number of benzene rings is 5. The van der Waals surface area contributed by atoms with Crippen LogP contribution in [0.4, 0.5) is 22.7 Å². The zero-order valence-electron chi connectivity index (χ0n) is 38.6. The summed E-state index contributed by atoms with van der Waals surface area (Å²) in [5, 5.41) is 17.9. The van der Waals surface area contributed by atoms with Crippen molar-refractivity contribution in [1.82, 2.24) is 0 Å². The summed E-state index contributed by atoms with van der Waals surface area (Å²) in [5.41, 5.74) is 11.6. The molecule has 0 aliphatic carbocycles. The second-order valence-electron chi connectivity index (χ2n) is 16.0. The maximum Gasteiger partial charge on any atom is 0.333 e. The highest BCUT2D eigenvalue weighted by atomic mass is 16.5. The second-order valence-corrected chi connectivity index (χ2v) is 16.0. The van der Waals surface area contributed by atoms with E-state index in [2.05, 4.69) is 77.6 Å². The lowest BCUT2D eigenvalue weighted by Crippen LogP contribution is -2.05. The van der Waals surface area contributed by atoms with Gasteiger partial charge in [-0.3, -0.25) is 0 Å². The molecule has 8 nitrogen and oxygen atoms in total. The van der Waals surface area contributed by atoms with Crippen LogP contribution in [0.5, 0.6) is 11.5 Å². The van der Waals surface area contributed by atoms with Crippen LogP contribution in [0.3, 0.4) is 0 Å². The van der Waals surface area contributed by atoms with E-state index in [1.807, 2.05) is 105 Å². The molecule has 8 heteroatoms. The van der Waals surface area contributed by atoms with Gasteiger partial charge in [-0.1, -0.05) is 81.6 Å². The molecule has 0 atom stereocenters. The van der Waals surface area contributed by atoms with E-state index in [9.17, 15) is 4.79 Å². The molecule has 0 heterocycles. The summed E-state index contributed by atoms with van der Waals surface area (Å²) in [7, 11) is 0. The minimum Gasteiger partial charge on any atom is -0.494 e. The molecule has 64 heavy (non-hydrogen) atoms. The number of unbranched alkanes of at least 4 members (excludes halogenated alkanes) is 9. The van der Waals surface area contributed by atoms with Crippen molar-refractivity contribution in [2.45, 2.75) is 106 Å². The topological polar surface area (TPSA) is 94.2 Å². The summed E-state index contributed by atoms with van der Waals surface area (Å²) in [6, 6.07) is 31.4. The van der Waals surface area contributed by atoms with Crippen LogP contribution in [0.1, 0.15) is 123 Å². The number of esters is 1. The van der Waals surface area contributed by atoms with Gasteiger partial charge in [0.05, 0.1) is 42.6 Å². The Morgan fingerprint density at radius 1 is 0.516 bits per heavy atom. The summed E-state index contributed by atoms with van der Waals surface area (Å²) in [6.45, 7) is 17.3. The van der Waals surface area contributed by atoms with Crippen LogP contribution in [0.2, 0.25) is 0 Å². The first kappa shape index (κ1) is 48.3. The van der Waals surface area contributed by atoms with E-state index in [-0.39, 0.29) is 5.97 Å². The fourth-order valence-corrected chi connectivity index (χ4v) is 6.76. The molecule has 0 N–H and O–H groups in total. The Morgan fingerprint density at radius 2 is 1.00 bits per heavy atom. The standard InChI is InChI=1S/C56H62N4O4/c1-8-62-52-31-27-50(28-32-52)57-59-54-35-22-47(40-43(54)5)20-19-46-21-23-48(42(4)39-46)24-25-49-26-36-55(45(7)44(49)6)60-58-51-29-33-53(34-30-51)63-37-17-15-13-11-9-10-12-14-16-18-38-64-56(61)41(2)3/h21-23,26-36,39-40H,2,8-18,37-38H2,1,3-7H3. The Labute approximate surface area is 381 Å². The van der Waals surface area contributed by atoms with Crippen molar-refractivity contribution in [3.05, 3.63) is 154 Å². The van der Waals surface area contributed by atoms with Crippen LogP contribution in [0, 0.1) is 51.4 Å². The summed E-state index contributed by atoms with van der Waals surface area (Å²) in [5.74, 6) is 14.7. The second kappa shape index (κ2) is 26.0. The quantitative estimate of drug-likeness (QED) is 0.0241. The van der Waals surface area contributed by atoms with Crippen molar-refractivity contribution in [2.75, 3.05) is 19.8 Å². The zero-order chi connectivity index (χ0) is 45.5. The van der Waals surface area contributed by atoms with Crippen LogP contribution < -0.4 is 9.47 Å². The fraction of sp³-hybridized carbons (Fsp3) is 0.339. The Balaban J connectivity index is 1.03. The molecular weight excluding hydrogens is 793 g/mol. The summed E-state index contributed by atoms with van der Waals surface area (Å²) in [6.07, 6.45) is 11.7. The molecule has 0 saturated carbocycles. The number of nitrogens with zero attached hydrogens (tertiary/aromatic N) is 4. The molecule has 0 bridgehead atoms. The molecule has 0 unspecified atom stereocenters. The van der Waals surface area contributed by atoms with Gasteiger partial charge in [-0.25, -0.2) is 4.79 Å². The van der Waals surface area contributed by atoms with Gasteiger partial charge in [-0.15, -0.1) is 0 Å².